The summed E-state index contributed by atoms with van der Waals surface area (Å²) in [5.41, 5.74) is 2.74. The zero-order valence-corrected chi connectivity index (χ0v) is 17.0. The zero-order chi connectivity index (χ0) is 21.8. The monoisotopic (exact) mass is 413 g/mol. The second-order valence-corrected chi connectivity index (χ2v) is 7.21. The van der Waals surface area contributed by atoms with E-state index in [1.54, 1.807) is 47.9 Å². The Balaban J connectivity index is 1.92. The molecule has 0 aliphatic heterocycles. The molecular weight excluding hydrogens is 393 g/mol. The molecule has 0 radical (unpaired) electrons. The maximum absolute atomic E-state index is 13.9. The lowest BCUT2D eigenvalue weighted by Gasteiger charge is -2.17. The van der Waals surface area contributed by atoms with E-state index in [9.17, 15) is 14.1 Å². The summed E-state index contributed by atoms with van der Waals surface area (Å²) in [5.74, 6) is -0.0551. The minimum atomic E-state index is -0.424. The molecule has 0 atom stereocenters. The minimum absolute atomic E-state index is 0.209. The van der Waals surface area contributed by atoms with Crippen LogP contribution in [0.2, 0.25) is 0 Å². The first-order chi connectivity index (χ1) is 15.1. The number of halogens is 1. The van der Waals surface area contributed by atoms with E-state index >= 15 is 0 Å². The molecule has 0 saturated carbocycles. The van der Waals surface area contributed by atoms with E-state index in [1.165, 1.54) is 12.1 Å². The van der Waals surface area contributed by atoms with E-state index in [2.05, 4.69) is 10.2 Å². The number of hydrogen-bond donors (Lipinski definition) is 0. The fourth-order valence-electron chi connectivity index (χ4n) is 3.68. The first-order valence-corrected chi connectivity index (χ1v) is 9.92. The molecule has 1 heterocycles. The number of nitroso groups, excluding NO2 is 1. The van der Waals surface area contributed by atoms with Gasteiger partial charge in [-0.25, -0.2) is 9.37 Å². The maximum atomic E-state index is 13.9. The van der Waals surface area contributed by atoms with Crippen molar-refractivity contribution in [2.45, 2.75) is 19.9 Å². The Morgan fingerprint density at radius 1 is 0.968 bits per heavy atom. The van der Waals surface area contributed by atoms with Crippen LogP contribution in [0.3, 0.4) is 0 Å². The summed E-state index contributed by atoms with van der Waals surface area (Å²) >= 11 is 0. The van der Waals surface area contributed by atoms with Gasteiger partial charge in [-0.1, -0.05) is 54.6 Å². The summed E-state index contributed by atoms with van der Waals surface area (Å²) in [7, 11) is 0. The largest absolute Gasteiger partial charge is 0.292 e. The van der Waals surface area contributed by atoms with Gasteiger partial charge in [0.05, 0.1) is 11.3 Å². The standard InChI is InChI=1S/C25H20FN3O2/c1-17-23(19-10-7-11-20(26)16-19)25(30)29(15-14-18-8-3-2-4-9-18)24(27-17)21-12-5-6-13-22(21)28-31/h2-13,16H,14-15H2,1H3. The molecule has 0 aliphatic rings. The highest BCUT2D eigenvalue weighted by atomic mass is 19.1. The Morgan fingerprint density at radius 2 is 1.71 bits per heavy atom. The molecule has 5 nitrogen and oxygen atoms in total. The fourth-order valence-corrected chi connectivity index (χ4v) is 3.68. The van der Waals surface area contributed by atoms with Gasteiger partial charge in [-0.05, 0) is 53.9 Å². The lowest BCUT2D eigenvalue weighted by Crippen LogP contribution is -2.27. The topological polar surface area (TPSA) is 64.3 Å². The smallest absolute Gasteiger partial charge is 0.261 e. The van der Waals surface area contributed by atoms with Crippen LogP contribution in [0.1, 0.15) is 11.3 Å². The molecule has 0 fully saturated rings. The van der Waals surface area contributed by atoms with Gasteiger partial charge in [-0.3, -0.25) is 9.36 Å². The third kappa shape index (κ3) is 4.19. The highest BCUT2D eigenvalue weighted by Gasteiger charge is 2.19. The average Bonchev–Trinajstić information content (AvgIpc) is 2.79. The van der Waals surface area contributed by atoms with Gasteiger partial charge in [0, 0.05) is 12.1 Å². The van der Waals surface area contributed by atoms with Crippen molar-refractivity contribution in [1.29, 1.82) is 0 Å². The van der Waals surface area contributed by atoms with Crippen molar-refractivity contribution in [2.75, 3.05) is 0 Å². The molecule has 4 aromatic rings. The third-order valence-electron chi connectivity index (χ3n) is 5.17. The fraction of sp³-hybridized carbons (Fsp3) is 0.120. The first-order valence-electron chi connectivity index (χ1n) is 9.92. The molecule has 0 saturated heterocycles. The Morgan fingerprint density at radius 3 is 2.45 bits per heavy atom. The van der Waals surface area contributed by atoms with Crippen LogP contribution in [0, 0.1) is 17.6 Å². The van der Waals surface area contributed by atoms with Crippen molar-refractivity contribution in [1.82, 2.24) is 9.55 Å². The summed E-state index contributed by atoms with van der Waals surface area (Å²) in [6.45, 7) is 2.06. The zero-order valence-electron chi connectivity index (χ0n) is 17.0. The first kappa shape index (κ1) is 20.3. The molecular formula is C25H20FN3O2. The van der Waals surface area contributed by atoms with Gasteiger partial charge in [0.1, 0.15) is 17.3 Å². The lowest BCUT2D eigenvalue weighted by molar-refractivity contribution is 0.628. The number of aromatic nitrogens is 2. The lowest BCUT2D eigenvalue weighted by atomic mass is 10.0. The average molecular weight is 413 g/mol. The second kappa shape index (κ2) is 8.83. The van der Waals surface area contributed by atoms with E-state index in [4.69, 9.17) is 0 Å². The molecule has 1 aromatic heterocycles. The van der Waals surface area contributed by atoms with Crippen LogP contribution in [0.5, 0.6) is 0 Å². The summed E-state index contributed by atoms with van der Waals surface area (Å²) in [4.78, 5) is 29.7. The molecule has 31 heavy (non-hydrogen) atoms. The normalized spacial score (nSPS) is 10.8. The van der Waals surface area contributed by atoms with Crippen LogP contribution in [0.4, 0.5) is 10.1 Å². The van der Waals surface area contributed by atoms with Crippen LogP contribution in [0.15, 0.2) is 88.8 Å². The van der Waals surface area contributed by atoms with Crippen molar-refractivity contribution >= 4 is 5.69 Å². The number of hydrogen-bond acceptors (Lipinski definition) is 4. The maximum Gasteiger partial charge on any atom is 0.261 e. The van der Waals surface area contributed by atoms with Gasteiger partial charge < -0.3 is 0 Å². The molecule has 0 N–H and O–H groups in total. The molecule has 0 amide bonds. The van der Waals surface area contributed by atoms with Crippen molar-refractivity contribution in [3.8, 4) is 22.5 Å². The van der Waals surface area contributed by atoms with Crippen LogP contribution in [-0.2, 0) is 13.0 Å². The molecule has 0 bridgehead atoms. The van der Waals surface area contributed by atoms with Gasteiger partial charge in [-0.15, -0.1) is 4.91 Å². The van der Waals surface area contributed by atoms with Gasteiger partial charge in [0.25, 0.3) is 5.56 Å². The van der Waals surface area contributed by atoms with Crippen molar-refractivity contribution in [3.63, 3.8) is 0 Å². The Labute approximate surface area is 178 Å². The Bertz CT molecular complexity index is 1300. The number of aryl methyl sites for hydroxylation is 2. The van der Waals surface area contributed by atoms with Crippen molar-refractivity contribution in [2.24, 2.45) is 5.18 Å². The van der Waals surface area contributed by atoms with Crippen LogP contribution < -0.4 is 5.56 Å². The van der Waals surface area contributed by atoms with Gasteiger partial charge in [0.15, 0.2) is 0 Å². The van der Waals surface area contributed by atoms with Gasteiger partial charge >= 0.3 is 0 Å². The second-order valence-electron chi connectivity index (χ2n) is 7.21. The Hall–Kier alpha value is -3.93. The number of benzene rings is 3. The van der Waals surface area contributed by atoms with E-state index in [0.717, 1.165) is 5.56 Å². The van der Waals surface area contributed by atoms with Crippen molar-refractivity contribution < 1.29 is 4.39 Å². The molecule has 0 unspecified atom stereocenters. The van der Waals surface area contributed by atoms with Gasteiger partial charge in [-0.2, -0.15) is 0 Å². The van der Waals surface area contributed by atoms with E-state index in [-0.39, 0.29) is 11.2 Å². The predicted molar refractivity (Wildman–Crippen MR) is 120 cm³/mol. The summed E-state index contributed by atoms with van der Waals surface area (Å²) in [6, 6.07) is 22.5. The number of rotatable bonds is 6. The number of nitrogens with zero attached hydrogens (tertiary/aromatic N) is 3. The van der Waals surface area contributed by atoms with Gasteiger partial charge in [0.2, 0.25) is 0 Å². The highest BCUT2D eigenvalue weighted by molar-refractivity contribution is 5.73. The molecule has 3 aromatic carbocycles. The quantitative estimate of drug-likeness (QED) is 0.383. The molecule has 0 spiro atoms. The Kier molecular flexibility index (Phi) is 5.80. The van der Waals surface area contributed by atoms with Crippen LogP contribution >= 0.6 is 0 Å². The van der Waals surface area contributed by atoms with Crippen LogP contribution in [-0.4, -0.2) is 9.55 Å². The SMILES string of the molecule is Cc1nc(-c2ccccc2N=O)n(CCc2ccccc2)c(=O)c1-c1cccc(F)c1. The van der Waals surface area contributed by atoms with E-state index in [1.807, 2.05) is 30.3 Å². The predicted octanol–water partition coefficient (Wildman–Crippen LogP) is 5.67. The third-order valence-corrected chi connectivity index (χ3v) is 5.17. The minimum Gasteiger partial charge on any atom is -0.292 e. The summed E-state index contributed by atoms with van der Waals surface area (Å²) in [6.07, 6.45) is 0.595. The van der Waals surface area contributed by atoms with E-state index in [0.29, 0.717) is 41.2 Å². The molecule has 0 aliphatic carbocycles. The molecule has 4 rings (SSSR count). The molecule has 6 heteroatoms. The molecule has 154 valence electrons. The highest BCUT2D eigenvalue weighted by Crippen LogP contribution is 2.30. The summed E-state index contributed by atoms with van der Waals surface area (Å²) < 4.78 is 15.4. The van der Waals surface area contributed by atoms with Crippen molar-refractivity contribution in [3.05, 3.63) is 111 Å². The summed E-state index contributed by atoms with van der Waals surface area (Å²) in [5, 5.41) is 3.10. The van der Waals surface area contributed by atoms with E-state index < -0.39 is 5.82 Å². The van der Waals surface area contributed by atoms with Crippen LogP contribution in [0.25, 0.3) is 22.5 Å².